The van der Waals surface area contributed by atoms with Crippen LogP contribution < -0.4 is 10.6 Å². The minimum atomic E-state index is -0.769. The van der Waals surface area contributed by atoms with Gasteiger partial charge in [0.1, 0.15) is 5.82 Å². The van der Waals surface area contributed by atoms with Crippen molar-refractivity contribution in [2.75, 3.05) is 11.4 Å². The van der Waals surface area contributed by atoms with Crippen molar-refractivity contribution in [3.05, 3.63) is 28.2 Å². The van der Waals surface area contributed by atoms with Gasteiger partial charge in [-0.05, 0) is 28.4 Å². The molecule has 0 spiro atoms. The molecule has 1 aliphatic rings. The maximum absolute atomic E-state index is 13.6. The number of anilines is 1. The van der Waals surface area contributed by atoms with Crippen LogP contribution in [0.5, 0.6) is 0 Å². The molecule has 1 heterocycles. The molecule has 1 aliphatic heterocycles. The third-order valence-corrected chi connectivity index (χ3v) is 3.10. The zero-order valence-electron chi connectivity index (χ0n) is 8.21. The van der Waals surface area contributed by atoms with Crippen molar-refractivity contribution < 1.29 is 13.6 Å². The number of carbonyl (C=O) groups is 1. The van der Waals surface area contributed by atoms with Crippen molar-refractivity contribution in [1.82, 2.24) is 0 Å². The lowest BCUT2D eigenvalue weighted by molar-refractivity contribution is -0.118. The molecular weight excluding hydrogens is 282 g/mol. The monoisotopic (exact) mass is 290 g/mol. The molecule has 16 heavy (non-hydrogen) atoms. The van der Waals surface area contributed by atoms with Crippen molar-refractivity contribution in [2.24, 2.45) is 5.73 Å². The van der Waals surface area contributed by atoms with Gasteiger partial charge >= 0.3 is 0 Å². The van der Waals surface area contributed by atoms with Gasteiger partial charge < -0.3 is 10.6 Å². The Labute approximate surface area is 99.3 Å². The van der Waals surface area contributed by atoms with E-state index in [0.717, 1.165) is 12.1 Å². The summed E-state index contributed by atoms with van der Waals surface area (Å²) in [4.78, 5) is 12.9. The van der Waals surface area contributed by atoms with Crippen LogP contribution in [0, 0.1) is 11.6 Å². The van der Waals surface area contributed by atoms with Gasteiger partial charge in [-0.2, -0.15) is 0 Å². The molecule has 1 amide bonds. The minimum Gasteiger partial charge on any atom is -0.320 e. The molecule has 1 aromatic carbocycles. The Balaban J connectivity index is 2.45. The number of halogens is 3. The quantitative estimate of drug-likeness (QED) is 0.857. The summed E-state index contributed by atoms with van der Waals surface area (Å²) in [5.41, 5.74) is 5.59. The SMILES string of the molecule is NC1CCN(c2c(F)cc(F)cc2Br)C1=O. The topological polar surface area (TPSA) is 46.3 Å². The van der Waals surface area contributed by atoms with Crippen LogP contribution in [0.4, 0.5) is 14.5 Å². The van der Waals surface area contributed by atoms with Crippen LogP contribution in [0.2, 0.25) is 0 Å². The lowest BCUT2D eigenvalue weighted by atomic mass is 10.2. The standard InChI is InChI=1S/C10H9BrF2N2O/c11-6-3-5(12)4-7(13)9(6)15-2-1-8(14)10(15)16/h3-4,8H,1-2,14H2. The first kappa shape index (κ1) is 11.5. The van der Waals surface area contributed by atoms with Crippen molar-refractivity contribution >= 4 is 27.5 Å². The number of carbonyl (C=O) groups excluding carboxylic acids is 1. The summed E-state index contributed by atoms with van der Waals surface area (Å²) in [6, 6.07) is 1.27. The fourth-order valence-corrected chi connectivity index (χ4v) is 2.34. The van der Waals surface area contributed by atoms with Gasteiger partial charge in [-0.15, -0.1) is 0 Å². The van der Waals surface area contributed by atoms with Gasteiger partial charge in [-0.25, -0.2) is 8.78 Å². The summed E-state index contributed by atoms with van der Waals surface area (Å²) in [5, 5.41) is 0. The highest BCUT2D eigenvalue weighted by molar-refractivity contribution is 9.10. The molecule has 1 aromatic rings. The lowest BCUT2D eigenvalue weighted by Crippen LogP contribution is -2.34. The molecule has 86 valence electrons. The molecule has 2 rings (SSSR count). The van der Waals surface area contributed by atoms with E-state index in [0.29, 0.717) is 13.0 Å². The predicted octanol–water partition coefficient (Wildman–Crippen LogP) is 1.79. The van der Waals surface area contributed by atoms with Gasteiger partial charge in [0, 0.05) is 17.1 Å². The van der Waals surface area contributed by atoms with Crippen LogP contribution in [0.15, 0.2) is 16.6 Å². The van der Waals surface area contributed by atoms with Crippen molar-refractivity contribution in [3.8, 4) is 0 Å². The van der Waals surface area contributed by atoms with E-state index in [1.165, 1.54) is 4.90 Å². The van der Waals surface area contributed by atoms with Crippen LogP contribution >= 0.6 is 15.9 Å². The van der Waals surface area contributed by atoms with E-state index < -0.39 is 17.7 Å². The fourth-order valence-electron chi connectivity index (χ4n) is 1.72. The highest BCUT2D eigenvalue weighted by Crippen LogP contribution is 2.32. The maximum atomic E-state index is 13.6. The fraction of sp³-hybridized carbons (Fsp3) is 0.300. The second-order valence-corrected chi connectivity index (χ2v) is 4.46. The number of hydrogen-bond donors (Lipinski definition) is 1. The number of nitrogens with two attached hydrogens (primary N) is 1. The van der Waals surface area contributed by atoms with E-state index in [4.69, 9.17) is 5.73 Å². The van der Waals surface area contributed by atoms with Gasteiger partial charge in [0.15, 0.2) is 5.82 Å². The third-order valence-electron chi connectivity index (χ3n) is 2.50. The molecule has 3 nitrogen and oxygen atoms in total. The Morgan fingerprint density at radius 3 is 2.62 bits per heavy atom. The highest BCUT2D eigenvalue weighted by atomic mass is 79.9. The normalized spacial score (nSPS) is 20.6. The average Bonchev–Trinajstić information content (AvgIpc) is 2.48. The van der Waals surface area contributed by atoms with E-state index >= 15 is 0 Å². The summed E-state index contributed by atoms with van der Waals surface area (Å²) < 4.78 is 26.6. The highest BCUT2D eigenvalue weighted by Gasteiger charge is 2.32. The number of rotatable bonds is 1. The number of hydrogen-bond acceptors (Lipinski definition) is 2. The first-order valence-corrected chi connectivity index (χ1v) is 5.51. The zero-order valence-corrected chi connectivity index (χ0v) is 9.80. The number of amides is 1. The Hall–Kier alpha value is -1.01. The molecule has 2 N–H and O–H groups in total. The summed E-state index contributed by atoms with van der Waals surface area (Å²) in [6.45, 7) is 0.348. The second kappa shape index (κ2) is 4.10. The molecule has 6 heteroatoms. The van der Waals surface area contributed by atoms with Crippen LogP contribution in [0.1, 0.15) is 6.42 Å². The van der Waals surface area contributed by atoms with E-state index in [-0.39, 0.29) is 16.1 Å². The summed E-state index contributed by atoms with van der Waals surface area (Å²) in [5.74, 6) is -1.80. The molecule has 0 aromatic heterocycles. The average molecular weight is 291 g/mol. The molecule has 1 saturated heterocycles. The Morgan fingerprint density at radius 1 is 1.44 bits per heavy atom. The summed E-state index contributed by atoms with van der Waals surface area (Å²) >= 11 is 3.04. The molecule has 1 fully saturated rings. The van der Waals surface area contributed by atoms with Crippen LogP contribution in [-0.4, -0.2) is 18.5 Å². The smallest absolute Gasteiger partial charge is 0.244 e. The van der Waals surface area contributed by atoms with Crippen molar-refractivity contribution in [2.45, 2.75) is 12.5 Å². The first-order valence-electron chi connectivity index (χ1n) is 4.72. The summed E-state index contributed by atoms with van der Waals surface area (Å²) in [7, 11) is 0. The molecule has 0 radical (unpaired) electrons. The zero-order chi connectivity index (χ0) is 11.9. The minimum absolute atomic E-state index is 0.0550. The van der Waals surface area contributed by atoms with Crippen LogP contribution in [0.3, 0.4) is 0 Å². The molecule has 0 bridgehead atoms. The molecule has 0 saturated carbocycles. The number of nitrogens with zero attached hydrogens (tertiary/aromatic N) is 1. The predicted molar refractivity (Wildman–Crippen MR) is 59.0 cm³/mol. The lowest BCUT2D eigenvalue weighted by Gasteiger charge is -2.18. The first-order chi connectivity index (χ1) is 7.50. The van der Waals surface area contributed by atoms with E-state index in [1.807, 2.05) is 0 Å². The maximum Gasteiger partial charge on any atom is 0.244 e. The van der Waals surface area contributed by atoms with E-state index in [2.05, 4.69) is 15.9 Å². The molecule has 0 aliphatic carbocycles. The molecule has 1 unspecified atom stereocenters. The van der Waals surface area contributed by atoms with Gasteiger partial charge in [0.05, 0.1) is 11.7 Å². The van der Waals surface area contributed by atoms with E-state index in [9.17, 15) is 13.6 Å². The van der Waals surface area contributed by atoms with Crippen molar-refractivity contribution in [3.63, 3.8) is 0 Å². The summed E-state index contributed by atoms with van der Waals surface area (Å²) in [6.07, 6.45) is 0.474. The second-order valence-electron chi connectivity index (χ2n) is 3.60. The van der Waals surface area contributed by atoms with Gasteiger partial charge in [-0.3, -0.25) is 4.79 Å². The molecular formula is C10H9BrF2N2O. The molecule has 1 atom stereocenters. The Kier molecular flexibility index (Phi) is 2.94. The van der Waals surface area contributed by atoms with Gasteiger partial charge in [0.2, 0.25) is 5.91 Å². The van der Waals surface area contributed by atoms with Crippen LogP contribution in [-0.2, 0) is 4.79 Å². The Bertz CT molecular complexity index is 429. The number of benzene rings is 1. The van der Waals surface area contributed by atoms with Gasteiger partial charge in [0.25, 0.3) is 0 Å². The van der Waals surface area contributed by atoms with Crippen LogP contribution in [0.25, 0.3) is 0 Å². The Morgan fingerprint density at radius 2 is 2.12 bits per heavy atom. The van der Waals surface area contributed by atoms with Crippen molar-refractivity contribution in [1.29, 1.82) is 0 Å². The largest absolute Gasteiger partial charge is 0.320 e. The third kappa shape index (κ3) is 1.82. The van der Waals surface area contributed by atoms with Gasteiger partial charge in [-0.1, -0.05) is 0 Å². The van der Waals surface area contributed by atoms with E-state index in [1.54, 1.807) is 0 Å².